The zero-order valence-corrected chi connectivity index (χ0v) is 15.2. The van der Waals surface area contributed by atoms with E-state index >= 15 is 0 Å². The first-order valence-corrected chi connectivity index (χ1v) is 8.58. The lowest BCUT2D eigenvalue weighted by atomic mass is 9.76. The van der Waals surface area contributed by atoms with Crippen LogP contribution in [-0.4, -0.2) is 47.0 Å². The van der Waals surface area contributed by atoms with Gasteiger partial charge in [-0.15, -0.1) is 0 Å². The fraction of sp³-hybridized carbons (Fsp3) is 0.611. The molecule has 1 aromatic rings. The van der Waals surface area contributed by atoms with Crippen LogP contribution in [0.3, 0.4) is 0 Å². The molecule has 2 aliphatic heterocycles. The van der Waals surface area contributed by atoms with Gasteiger partial charge in [-0.1, -0.05) is 0 Å². The molecule has 5 nitrogen and oxygen atoms in total. The van der Waals surface area contributed by atoms with Gasteiger partial charge in [-0.05, 0) is 20.8 Å². The van der Waals surface area contributed by atoms with Crippen LogP contribution < -0.4 is 0 Å². The number of nitrogens with zero attached hydrogens (tertiary/aromatic N) is 1. The predicted octanol–water partition coefficient (Wildman–Crippen LogP) is 3.23. The first-order valence-electron chi connectivity index (χ1n) is 8.58. The fourth-order valence-electron chi connectivity index (χ4n) is 3.77. The fourth-order valence-corrected chi connectivity index (χ4v) is 3.77. The largest absolute Gasteiger partial charge is 0.444 e. The van der Waals surface area contributed by atoms with Gasteiger partial charge < -0.3 is 14.6 Å². The molecule has 1 amide bonds. The number of morpholine rings is 1. The van der Waals surface area contributed by atoms with Gasteiger partial charge >= 0.3 is 6.09 Å². The molecule has 0 spiro atoms. The Morgan fingerprint density at radius 3 is 2.07 bits per heavy atom. The normalized spacial score (nSPS) is 28.2. The molecule has 2 atom stereocenters. The highest BCUT2D eigenvalue weighted by atomic mass is 19.2. The molecule has 9 heteroatoms. The van der Waals surface area contributed by atoms with Gasteiger partial charge in [0.15, 0.2) is 23.3 Å². The van der Waals surface area contributed by atoms with Gasteiger partial charge in [0.25, 0.3) is 0 Å². The summed E-state index contributed by atoms with van der Waals surface area (Å²) in [5, 5.41) is 10.9. The van der Waals surface area contributed by atoms with Gasteiger partial charge in [0, 0.05) is 18.9 Å². The molecule has 150 valence electrons. The minimum Gasteiger partial charge on any atom is -0.444 e. The van der Waals surface area contributed by atoms with Crippen molar-refractivity contribution >= 4 is 6.09 Å². The first-order chi connectivity index (χ1) is 12.4. The van der Waals surface area contributed by atoms with E-state index in [0.29, 0.717) is 0 Å². The van der Waals surface area contributed by atoms with Crippen molar-refractivity contribution in [1.29, 1.82) is 0 Å². The van der Waals surface area contributed by atoms with Gasteiger partial charge in [-0.3, -0.25) is 4.90 Å². The molecule has 0 saturated carbocycles. The highest BCUT2D eigenvalue weighted by Gasteiger charge is 2.52. The van der Waals surface area contributed by atoms with Gasteiger partial charge in [0.05, 0.1) is 36.5 Å². The van der Waals surface area contributed by atoms with Crippen LogP contribution in [0.4, 0.5) is 22.4 Å². The average Bonchev–Trinajstić information content (AvgIpc) is 2.50. The molecule has 2 saturated heterocycles. The maximum Gasteiger partial charge on any atom is 0.410 e. The third-order valence-corrected chi connectivity index (χ3v) is 4.74. The number of benzene rings is 1. The monoisotopic (exact) mass is 391 g/mol. The van der Waals surface area contributed by atoms with Crippen molar-refractivity contribution in [3.05, 3.63) is 34.9 Å². The molecule has 27 heavy (non-hydrogen) atoms. The highest BCUT2D eigenvalue weighted by molar-refractivity contribution is 5.69. The Bertz CT molecular complexity index is 724. The Balaban J connectivity index is 1.96. The van der Waals surface area contributed by atoms with Gasteiger partial charge in [0.2, 0.25) is 0 Å². The lowest BCUT2D eigenvalue weighted by Crippen LogP contribution is -2.63. The summed E-state index contributed by atoms with van der Waals surface area (Å²) in [7, 11) is 0. The second-order valence-electron chi connectivity index (χ2n) is 8.02. The molecule has 0 aliphatic carbocycles. The molecule has 2 bridgehead atoms. The average molecular weight is 391 g/mol. The van der Waals surface area contributed by atoms with Gasteiger partial charge in [0.1, 0.15) is 5.60 Å². The summed E-state index contributed by atoms with van der Waals surface area (Å²) in [5.41, 5.74) is -4.00. The molecule has 2 fully saturated rings. The summed E-state index contributed by atoms with van der Waals surface area (Å²) in [5.74, 6) is -6.45. The van der Waals surface area contributed by atoms with Crippen LogP contribution in [0.1, 0.15) is 39.2 Å². The van der Waals surface area contributed by atoms with Crippen molar-refractivity contribution < 1.29 is 36.9 Å². The molecule has 1 N–H and O–H groups in total. The van der Waals surface area contributed by atoms with Crippen LogP contribution in [0.5, 0.6) is 0 Å². The highest BCUT2D eigenvalue weighted by Crippen LogP contribution is 2.44. The van der Waals surface area contributed by atoms with E-state index in [1.807, 2.05) is 0 Å². The van der Waals surface area contributed by atoms with E-state index in [1.54, 1.807) is 20.8 Å². The Morgan fingerprint density at radius 1 is 1.15 bits per heavy atom. The molecule has 2 aliphatic rings. The number of piperidine rings is 1. The third-order valence-electron chi connectivity index (χ3n) is 4.74. The Hall–Kier alpha value is -1.87. The van der Waals surface area contributed by atoms with Crippen LogP contribution in [0.15, 0.2) is 6.07 Å². The van der Waals surface area contributed by atoms with Crippen LogP contribution in [0, 0.1) is 23.3 Å². The maximum absolute atomic E-state index is 14.2. The van der Waals surface area contributed by atoms with Crippen molar-refractivity contribution in [1.82, 2.24) is 4.90 Å². The number of hydrogen-bond donors (Lipinski definition) is 1. The van der Waals surface area contributed by atoms with E-state index in [1.165, 1.54) is 4.90 Å². The zero-order valence-electron chi connectivity index (χ0n) is 15.2. The van der Waals surface area contributed by atoms with E-state index in [-0.39, 0.29) is 32.1 Å². The summed E-state index contributed by atoms with van der Waals surface area (Å²) in [6.45, 7) is 5.07. The lowest BCUT2D eigenvalue weighted by molar-refractivity contribution is -0.143. The van der Waals surface area contributed by atoms with Crippen molar-refractivity contribution in [2.24, 2.45) is 0 Å². The first kappa shape index (κ1) is 19.9. The number of amides is 1. The Labute approximate surface area is 153 Å². The molecule has 1 aromatic carbocycles. The molecule has 0 radical (unpaired) electrons. The maximum atomic E-state index is 14.2. The van der Waals surface area contributed by atoms with Crippen molar-refractivity contribution in [3.8, 4) is 0 Å². The van der Waals surface area contributed by atoms with Crippen molar-refractivity contribution in [2.75, 3.05) is 13.2 Å². The topological polar surface area (TPSA) is 59.0 Å². The standard InChI is InChI=1S/C18H21F4NO4/c1-17(2,3)27-16(24)23-9-5-18(25,6-10(23)8-26-7-9)13-14(21)11(19)4-12(20)15(13)22/h4,9-10,25H,5-8H2,1-3H3. The lowest BCUT2D eigenvalue weighted by Gasteiger charge is -2.51. The summed E-state index contributed by atoms with van der Waals surface area (Å²) in [4.78, 5) is 13.9. The van der Waals surface area contributed by atoms with Crippen LogP contribution in [-0.2, 0) is 15.1 Å². The zero-order chi connectivity index (χ0) is 20.1. The number of aliphatic hydroxyl groups is 1. The summed E-state index contributed by atoms with van der Waals surface area (Å²) in [6.07, 6.45) is -1.34. The number of carbonyl (C=O) groups is 1. The number of rotatable bonds is 1. The summed E-state index contributed by atoms with van der Waals surface area (Å²) >= 11 is 0. The Kier molecular flexibility index (Phi) is 4.88. The summed E-state index contributed by atoms with van der Waals surface area (Å²) in [6, 6.07) is -1.43. The van der Waals surface area contributed by atoms with Gasteiger partial charge in [-0.25, -0.2) is 22.4 Å². The molecular formula is C18H21F4NO4. The molecular weight excluding hydrogens is 370 g/mol. The van der Waals surface area contributed by atoms with Crippen LogP contribution >= 0.6 is 0 Å². The smallest absolute Gasteiger partial charge is 0.410 e. The van der Waals surface area contributed by atoms with E-state index in [9.17, 15) is 27.5 Å². The number of fused-ring (bicyclic) bond motifs is 2. The number of hydrogen-bond acceptors (Lipinski definition) is 4. The van der Waals surface area contributed by atoms with Crippen molar-refractivity contribution in [2.45, 2.75) is 56.9 Å². The van der Waals surface area contributed by atoms with Crippen LogP contribution in [0.2, 0.25) is 0 Å². The van der Waals surface area contributed by atoms with Crippen molar-refractivity contribution in [3.63, 3.8) is 0 Å². The minimum atomic E-state index is -2.19. The van der Waals surface area contributed by atoms with Crippen LogP contribution in [0.25, 0.3) is 0 Å². The SMILES string of the molecule is CC(C)(C)OC(=O)N1C2COCC1CC(O)(c1c(F)c(F)cc(F)c1F)C2. The minimum absolute atomic E-state index is 0.000904. The van der Waals surface area contributed by atoms with E-state index < -0.39 is 58.2 Å². The number of halogens is 4. The predicted molar refractivity (Wildman–Crippen MR) is 85.9 cm³/mol. The second-order valence-corrected chi connectivity index (χ2v) is 8.02. The summed E-state index contributed by atoms with van der Waals surface area (Å²) < 4.78 is 66.5. The number of carbonyl (C=O) groups excluding carboxylic acids is 1. The van der Waals surface area contributed by atoms with E-state index in [2.05, 4.69) is 0 Å². The molecule has 2 heterocycles. The van der Waals surface area contributed by atoms with E-state index in [0.717, 1.165) is 0 Å². The molecule has 3 rings (SSSR count). The second kappa shape index (κ2) is 6.63. The van der Waals surface area contributed by atoms with Gasteiger partial charge in [-0.2, -0.15) is 0 Å². The Morgan fingerprint density at radius 2 is 1.63 bits per heavy atom. The number of ether oxygens (including phenoxy) is 2. The molecule has 0 aromatic heterocycles. The van der Waals surface area contributed by atoms with E-state index in [4.69, 9.17) is 9.47 Å². The molecule has 2 unspecified atom stereocenters. The quantitative estimate of drug-likeness (QED) is 0.590. The third kappa shape index (κ3) is 3.62.